The summed E-state index contributed by atoms with van der Waals surface area (Å²) in [5, 5.41) is 4.84. The van der Waals surface area contributed by atoms with Gasteiger partial charge in [0.25, 0.3) is 5.91 Å². The van der Waals surface area contributed by atoms with E-state index in [1.807, 2.05) is 44.3 Å². The molecule has 0 aliphatic carbocycles. The highest BCUT2D eigenvalue weighted by atomic mass is 35.5. The topological polar surface area (TPSA) is 38.1 Å². The maximum Gasteiger partial charge on any atom is 0.258 e. The molecular formula is C17H22ClN3O. The second-order valence-electron chi connectivity index (χ2n) is 5.47. The summed E-state index contributed by atoms with van der Waals surface area (Å²) in [6, 6.07) is 9.95. The fourth-order valence-electron chi connectivity index (χ4n) is 2.35. The van der Waals surface area contributed by atoms with E-state index in [0.717, 1.165) is 24.9 Å². The monoisotopic (exact) mass is 319 g/mol. The lowest BCUT2D eigenvalue weighted by Gasteiger charge is -2.16. The van der Waals surface area contributed by atoms with E-state index in [4.69, 9.17) is 11.6 Å². The van der Waals surface area contributed by atoms with Crippen LogP contribution in [-0.4, -0.2) is 34.2 Å². The van der Waals surface area contributed by atoms with Crippen LogP contribution < -0.4 is 0 Å². The number of aryl methyl sites for hydroxylation is 1. The van der Waals surface area contributed by atoms with E-state index in [0.29, 0.717) is 23.0 Å². The van der Waals surface area contributed by atoms with Crippen molar-refractivity contribution in [3.05, 3.63) is 52.3 Å². The maximum absolute atomic E-state index is 12.5. The summed E-state index contributed by atoms with van der Waals surface area (Å²) in [7, 11) is 1.81. The van der Waals surface area contributed by atoms with Gasteiger partial charge in [0, 0.05) is 13.6 Å². The zero-order chi connectivity index (χ0) is 16.1. The lowest BCUT2D eigenvalue weighted by molar-refractivity contribution is 0.0792. The SMILES string of the molecule is CCCCN(C)C(=O)c1c(C)nn(Cc2ccccc2)c1Cl. The zero-order valence-corrected chi connectivity index (χ0v) is 14.1. The van der Waals surface area contributed by atoms with Gasteiger partial charge < -0.3 is 4.90 Å². The Bertz CT molecular complexity index is 637. The van der Waals surface area contributed by atoms with Crippen LogP contribution in [0, 0.1) is 6.92 Å². The van der Waals surface area contributed by atoms with Crippen molar-refractivity contribution in [1.82, 2.24) is 14.7 Å². The van der Waals surface area contributed by atoms with Gasteiger partial charge in [0.2, 0.25) is 0 Å². The van der Waals surface area contributed by atoms with Crippen LogP contribution in [0.1, 0.15) is 41.4 Å². The average molecular weight is 320 g/mol. The third-order valence-electron chi connectivity index (χ3n) is 3.65. The molecule has 1 amide bonds. The fraction of sp³-hybridized carbons (Fsp3) is 0.412. The number of carbonyl (C=O) groups excluding carboxylic acids is 1. The van der Waals surface area contributed by atoms with Gasteiger partial charge in [0.15, 0.2) is 0 Å². The average Bonchev–Trinajstić information content (AvgIpc) is 2.79. The smallest absolute Gasteiger partial charge is 0.258 e. The van der Waals surface area contributed by atoms with Gasteiger partial charge in [-0.15, -0.1) is 0 Å². The summed E-state index contributed by atoms with van der Waals surface area (Å²) in [5.74, 6) is -0.0599. The van der Waals surface area contributed by atoms with Gasteiger partial charge in [0.1, 0.15) is 5.15 Å². The zero-order valence-electron chi connectivity index (χ0n) is 13.3. The highest BCUT2D eigenvalue weighted by Crippen LogP contribution is 2.22. The predicted molar refractivity (Wildman–Crippen MR) is 89.4 cm³/mol. The minimum atomic E-state index is -0.0599. The number of halogens is 1. The molecule has 0 bridgehead atoms. The van der Waals surface area contributed by atoms with Crippen LogP contribution in [0.3, 0.4) is 0 Å². The molecule has 2 aromatic rings. The van der Waals surface area contributed by atoms with Gasteiger partial charge in [-0.3, -0.25) is 4.79 Å². The van der Waals surface area contributed by atoms with E-state index in [2.05, 4.69) is 12.0 Å². The van der Waals surface area contributed by atoms with Crippen LogP contribution in [0.15, 0.2) is 30.3 Å². The van der Waals surface area contributed by atoms with E-state index in [9.17, 15) is 4.79 Å². The third-order valence-corrected chi connectivity index (χ3v) is 4.03. The molecule has 0 spiro atoms. The van der Waals surface area contributed by atoms with Crippen molar-refractivity contribution >= 4 is 17.5 Å². The van der Waals surface area contributed by atoms with E-state index < -0.39 is 0 Å². The summed E-state index contributed by atoms with van der Waals surface area (Å²) in [6.07, 6.45) is 2.04. The maximum atomic E-state index is 12.5. The molecule has 0 saturated carbocycles. The Morgan fingerprint density at radius 2 is 2.00 bits per heavy atom. The molecule has 0 saturated heterocycles. The minimum absolute atomic E-state index is 0.0599. The van der Waals surface area contributed by atoms with Gasteiger partial charge in [-0.1, -0.05) is 55.3 Å². The van der Waals surface area contributed by atoms with Crippen molar-refractivity contribution in [1.29, 1.82) is 0 Å². The highest BCUT2D eigenvalue weighted by molar-refractivity contribution is 6.33. The molecule has 118 valence electrons. The lowest BCUT2D eigenvalue weighted by Crippen LogP contribution is -2.28. The van der Waals surface area contributed by atoms with Crippen LogP contribution in [0.2, 0.25) is 5.15 Å². The Morgan fingerprint density at radius 3 is 2.64 bits per heavy atom. The predicted octanol–water partition coefficient (Wildman–Crippen LogP) is 3.77. The molecule has 1 heterocycles. The van der Waals surface area contributed by atoms with Crippen LogP contribution in [0.4, 0.5) is 0 Å². The number of aromatic nitrogens is 2. The van der Waals surface area contributed by atoms with Crippen molar-refractivity contribution in [2.24, 2.45) is 0 Å². The molecule has 4 nitrogen and oxygen atoms in total. The van der Waals surface area contributed by atoms with E-state index in [-0.39, 0.29) is 5.91 Å². The van der Waals surface area contributed by atoms with Crippen molar-refractivity contribution in [2.75, 3.05) is 13.6 Å². The first-order valence-electron chi connectivity index (χ1n) is 7.56. The molecular weight excluding hydrogens is 298 g/mol. The van der Waals surface area contributed by atoms with Crippen LogP contribution in [0.25, 0.3) is 0 Å². The lowest BCUT2D eigenvalue weighted by atomic mass is 10.2. The molecule has 0 fully saturated rings. The standard InChI is InChI=1S/C17H22ClN3O/c1-4-5-11-20(3)17(22)15-13(2)19-21(16(15)18)12-14-9-7-6-8-10-14/h6-10H,4-5,11-12H2,1-3H3. The molecule has 0 unspecified atom stereocenters. The number of amides is 1. The molecule has 1 aromatic carbocycles. The van der Waals surface area contributed by atoms with Crippen LogP contribution in [-0.2, 0) is 6.54 Å². The Labute approximate surface area is 136 Å². The van der Waals surface area contributed by atoms with Crippen LogP contribution >= 0.6 is 11.6 Å². The van der Waals surface area contributed by atoms with Gasteiger partial charge in [-0.2, -0.15) is 5.10 Å². The Kier molecular flexibility index (Phi) is 5.61. The first-order chi connectivity index (χ1) is 10.5. The number of rotatable bonds is 6. The molecule has 0 radical (unpaired) electrons. The van der Waals surface area contributed by atoms with Gasteiger partial charge >= 0.3 is 0 Å². The van der Waals surface area contributed by atoms with Crippen molar-refractivity contribution in [3.8, 4) is 0 Å². The van der Waals surface area contributed by atoms with Gasteiger partial charge in [-0.25, -0.2) is 4.68 Å². The summed E-state index contributed by atoms with van der Waals surface area (Å²) in [5.41, 5.74) is 2.29. The number of hydrogen-bond acceptors (Lipinski definition) is 2. The molecule has 0 N–H and O–H groups in total. The minimum Gasteiger partial charge on any atom is -0.342 e. The summed E-state index contributed by atoms with van der Waals surface area (Å²) in [4.78, 5) is 14.3. The quantitative estimate of drug-likeness (QED) is 0.813. The van der Waals surface area contributed by atoms with Gasteiger partial charge in [0.05, 0.1) is 17.8 Å². The summed E-state index contributed by atoms with van der Waals surface area (Å²) in [6.45, 7) is 5.23. The van der Waals surface area contributed by atoms with E-state index in [1.165, 1.54) is 0 Å². The number of nitrogens with zero attached hydrogens (tertiary/aromatic N) is 3. The van der Waals surface area contributed by atoms with Gasteiger partial charge in [-0.05, 0) is 18.9 Å². The van der Waals surface area contributed by atoms with E-state index in [1.54, 1.807) is 9.58 Å². The number of unbranched alkanes of at least 4 members (excludes halogenated alkanes) is 1. The number of carbonyl (C=O) groups is 1. The van der Waals surface area contributed by atoms with E-state index >= 15 is 0 Å². The first kappa shape index (κ1) is 16.6. The second kappa shape index (κ2) is 7.45. The molecule has 0 aliphatic rings. The summed E-state index contributed by atoms with van der Waals surface area (Å²) >= 11 is 6.41. The second-order valence-corrected chi connectivity index (χ2v) is 5.83. The third kappa shape index (κ3) is 3.69. The fourth-order valence-corrected chi connectivity index (χ4v) is 2.66. The highest BCUT2D eigenvalue weighted by Gasteiger charge is 2.22. The van der Waals surface area contributed by atoms with Crippen molar-refractivity contribution in [3.63, 3.8) is 0 Å². The largest absolute Gasteiger partial charge is 0.342 e. The molecule has 0 aliphatic heterocycles. The molecule has 5 heteroatoms. The molecule has 0 atom stereocenters. The summed E-state index contributed by atoms with van der Waals surface area (Å²) < 4.78 is 1.69. The van der Waals surface area contributed by atoms with Crippen LogP contribution in [0.5, 0.6) is 0 Å². The molecule has 22 heavy (non-hydrogen) atoms. The number of benzene rings is 1. The normalized spacial score (nSPS) is 10.7. The van der Waals surface area contributed by atoms with Crippen molar-refractivity contribution < 1.29 is 4.79 Å². The Hall–Kier alpha value is -1.81. The molecule has 1 aromatic heterocycles. The number of hydrogen-bond donors (Lipinski definition) is 0. The first-order valence-corrected chi connectivity index (χ1v) is 7.94. The Balaban J connectivity index is 2.21. The Morgan fingerprint density at radius 1 is 1.32 bits per heavy atom. The van der Waals surface area contributed by atoms with Crippen molar-refractivity contribution in [2.45, 2.75) is 33.2 Å². The molecule has 2 rings (SSSR count).